The van der Waals surface area contributed by atoms with E-state index in [2.05, 4.69) is 17.9 Å². The van der Waals surface area contributed by atoms with Crippen LogP contribution in [0.15, 0.2) is 18.2 Å². The second-order valence-corrected chi connectivity index (χ2v) is 6.22. The Kier molecular flexibility index (Phi) is 5.52. The van der Waals surface area contributed by atoms with Crippen LogP contribution in [-0.2, 0) is 0 Å². The van der Waals surface area contributed by atoms with Crippen molar-refractivity contribution in [2.45, 2.75) is 32.2 Å². The van der Waals surface area contributed by atoms with Crippen LogP contribution in [0.1, 0.15) is 37.8 Å². The van der Waals surface area contributed by atoms with Crippen LogP contribution in [0, 0.1) is 5.92 Å². The molecule has 1 aromatic carbocycles. The van der Waals surface area contributed by atoms with E-state index in [9.17, 15) is 0 Å². The summed E-state index contributed by atoms with van der Waals surface area (Å²) in [5.41, 5.74) is 6.88. The van der Waals surface area contributed by atoms with E-state index in [0.29, 0.717) is 16.1 Å². The van der Waals surface area contributed by atoms with E-state index >= 15 is 0 Å². The smallest absolute Gasteiger partial charge is 0.0595 e. The molecule has 0 spiro atoms. The Morgan fingerprint density at radius 1 is 1.26 bits per heavy atom. The fraction of sp³-hybridized carbons (Fsp3) is 0.600. The van der Waals surface area contributed by atoms with E-state index in [1.54, 1.807) is 0 Å². The third-order valence-corrected chi connectivity index (χ3v) is 4.94. The van der Waals surface area contributed by atoms with Crippen molar-refractivity contribution in [1.29, 1.82) is 0 Å². The Balaban J connectivity index is 1.97. The van der Waals surface area contributed by atoms with Gasteiger partial charge in [-0.25, -0.2) is 0 Å². The monoisotopic (exact) mass is 300 g/mol. The Labute approximate surface area is 125 Å². The van der Waals surface area contributed by atoms with Gasteiger partial charge >= 0.3 is 0 Å². The number of halogens is 2. The normalized spacial score (nSPS) is 19.6. The molecule has 1 aliphatic rings. The highest BCUT2D eigenvalue weighted by Gasteiger charge is 2.23. The molecule has 1 heterocycles. The predicted octanol–water partition coefficient (Wildman–Crippen LogP) is 4.12. The first kappa shape index (κ1) is 15.1. The maximum Gasteiger partial charge on any atom is 0.0595 e. The summed E-state index contributed by atoms with van der Waals surface area (Å²) in [5.74, 6) is 0.808. The first-order valence-electron chi connectivity index (χ1n) is 7.01. The van der Waals surface area contributed by atoms with Crippen LogP contribution in [0.4, 0.5) is 0 Å². The minimum Gasteiger partial charge on any atom is -0.330 e. The molecule has 0 aliphatic carbocycles. The number of nitrogens with zero attached hydrogens (tertiary/aromatic N) is 1. The van der Waals surface area contributed by atoms with Crippen molar-refractivity contribution in [1.82, 2.24) is 4.90 Å². The van der Waals surface area contributed by atoms with Crippen LogP contribution < -0.4 is 5.73 Å². The molecule has 1 aromatic rings. The van der Waals surface area contributed by atoms with Gasteiger partial charge in [0.25, 0.3) is 0 Å². The van der Waals surface area contributed by atoms with Gasteiger partial charge in [-0.05, 0) is 69.4 Å². The quantitative estimate of drug-likeness (QED) is 0.906. The Morgan fingerprint density at radius 2 is 1.95 bits per heavy atom. The van der Waals surface area contributed by atoms with E-state index < -0.39 is 0 Å². The standard InChI is InChI=1S/C15H22Cl2N2/c1-11(13-2-3-14(16)15(17)10-13)19-8-5-12(4-7-18)6-9-19/h2-3,10-12H,4-9,18H2,1H3. The predicted molar refractivity (Wildman–Crippen MR) is 82.8 cm³/mol. The molecular formula is C15H22Cl2N2. The van der Waals surface area contributed by atoms with Gasteiger partial charge in [0.1, 0.15) is 0 Å². The van der Waals surface area contributed by atoms with E-state index in [0.717, 1.165) is 32.0 Å². The summed E-state index contributed by atoms with van der Waals surface area (Å²) >= 11 is 12.1. The maximum atomic E-state index is 6.10. The number of likely N-dealkylation sites (tertiary alicyclic amines) is 1. The number of piperidine rings is 1. The zero-order valence-corrected chi connectivity index (χ0v) is 12.9. The second-order valence-electron chi connectivity index (χ2n) is 5.41. The molecule has 19 heavy (non-hydrogen) atoms. The van der Waals surface area contributed by atoms with Crippen molar-refractivity contribution in [3.8, 4) is 0 Å². The molecule has 1 fully saturated rings. The first-order valence-corrected chi connectivity index (χ1v) is 7.76. The van der Waals surface area contributed by atoms with Crippen LogP contribution in [0.25, 0.3) is 0 Å². The highest BCUT2D eigenvalue weighted by atomic mass is 35.5. The number of rotatable bonds is 4. The lowest BCUT2D eigenvalue weighted by Crippen LogP contribution is -2.36. The number of benzene rings is 1. The Hall–Kier alpha value is -0.280. The van der Waals surface area contributed by atoms with Gasteiger partial charge in [0.15, 0.2) is 0 Å². The maximum absolute atomic E-state index is 6.10. The summed E-state index contributed by atoms with van der Waals surface area (Å²) in [7, 11) is 0. The summed E-state index contributed by atoms with van der Waals surface area (Å²) in [6, 6.07) is 6.34. The van der Waals surface area contributed by atoms with Crippen molar-refractivity contribution in [3.05, 3.63) is 33.8 Å². The molecule has 106 valence electrons. The van der Waals surface area contributed by atoms with Crippen LogP contribution in [-0.4, -0.2) is 24.5 Å². The number of hydrogen-bond acceptors (Lipinski definition) is 2. The van der Waals surface area contributed by atoms with Gasteiger partial charge < -0.3 is 5.73 Å². The lowest BCUT2D eigenvalue weighted by Gasteiger charge is -2.36. The molecule has 2 rings (SSSR count). The van der Waals surface area contributed by atoms with Gasteiger partial charge in [-0.3, -0.25) is 4.90 Å². The fourth-order valence-electron chi connectivity index (χ4n) is 2.85. The van der Waals surface area contributed by atoms with Crippen LogP contribution >= 0.6 is 23.2 Å². The van der Waals surface area contributed by atoms with Gasteiger partial charge in [-0.2, -0.15) is 0 Å². The van der Waals surface area contributed by atoms with Crippen molar-refractivity contribution in [2.75, 3.05) is 19.6 Å². The van der Waals surface area contributed by atoms with E-state index in [1.165, 1.54) is 18.4 Å². The van der Waals surface area contributed by atoms with E-state index in [4.69, 9.17) is 28.9 Å². The van der Waals surface area contributed by atoms with E-state index in [1.807, 2.05) is 12.1 Å². The third-order valence-electron chi connectivity index (χ3n) is 4.20. The Morgan fingerprint density at radius 3 is 2.53 bits per heavy atom. The van der Waals surface area contributed by atoms with Crippen molar-refractivity contribution in [2.24, 2.45) is 11.7 Å². The Bertz CT molecular complexity index is 415. The van der Waals surface area contributed by atoms with Crippen molar-refractivity contribution >= 4 is 23.2 Å². The minimum absolute atomic E-state index is 0.397. The van der Waals surface area contributed by atoms with Gasteiger partial charge in [-0.15, -0.1) is 0 Å². The fourth-order valence-corrected chi connectivity index (χ4v) is 3.15. The lowest BCUT2D eigenvalue weighted by atomic mass is 9.92. The topological polar surface area (TPSA) is 29.3 Å². The molecule has 0 aromatic heterocycles. The second kappa shape index (κ2) is 6.94. The minimum atomic E-state index is 0.397. The molecule has 2 nitrogen and oxygen atoms in total. The average molecular weight is 301 g/mol. The van der Waals surface area contributed by atoms with Crippen molar-refractivity contribution in [3.63, 3.8) is 0 Å². The SMILES string of the molecule is CC(c1ccc(Cl)c(Cl)c1)N1CCC(CCN)CC1. The summed E-state index contributed by atoms with van der Waals surface area (Å²) in [4.78, 5) is 2.52. The van der Waals surface area contributed by atoms with Gasteiger partial charge in [0.05, 0.1) is 10.0 Å². The zero-order chi connectivity index (χ0) is 13.8. The molecule has 4 heteroatoms. The zero-order valence-electron chi connectivity index (χ0n) is 11.4. The molecule has 0 saturated carbocycles. The average Bonchev–Trinajstić information content (AvgIpc) is 2.42. The molecular weight excluding hydrogens is 279 g/mol. The van der Waals surface area contributed by atoms with E-state index in [-0.39, 0.29) is 0 Å². The van der Waals surface area contributed by atoms with Gasteiger partial charge in [0, 0.05) is 6.04 Å². The molecule has 1 unspecified atom stereocenters. The summed E-state index contributed by atoms with van der Waals surface area (Å²) in [6.07, 6.45) is 3.67. The van der Waals surface area contributed by atoms with Crippen LogP contribution in [0.5, 0.6) is 0 Å². The number of hydrogen-bond donors (Lipinski definition) is 1. The number of nitrogens with two attached hydrogens (primary N) is 1. The molecule has 1 atom stereocenters. The summed E-state index contributed by atoms with van der Waals surface area (Å²) in [6.45, 7) is 5.34. The van der Waals surface area contributed by atoms with Crippen LogP contribution in [0.3, 0.4) is 0 Å². The molecule has 1 aliphatic heterocycles. The highest BCUT2D eigenvalue weighted by Crippen LogP contribution is 2.31. The lowest BCUT2D eigenvalue weighted by molar-refractivity contribution is 0.138. The molecule has 0 radical (unpaired) electrons. The van der Waals surface area contributed by atoms with Gasteiger partial charge in [0.2, 0.25) is 0 Å². The molecule has 1 saturated heterocycles. The molecule has 0 bridgehead atoms. The van der Waals surface area contributed by atoms with Gasteiger partial charge in [-0.1, -0.05) is 29.3 Å². The first-order chi connectivity index (χ1) is 9.11. The third kappa shape index (κ3) is 3.85. The summed E-state index contributed by atoms with van der Waals surface area (Å²) < 4.78 is 0. The highest BCUT2D eigenvalue weighted by molar-refractivity contribution is 6.42. The van der Waals surface area contributed by atoms with Crippen molar-refractivity contribution < 1.29 is 0 Å². The van der Waals surface area contributed by atoms with Crippen LogP contribution in [0.2, 0.25) is 10.0 Å². The summed E-state index contributed by atoms with van der Waals surface area (Å²) in [5, 5.41) is 1.27. The molecule has 0 amide bonds. The molecule has 2 N–H and O–H groups in total. The largest absolute Gasteiger partial charge is 0.330 e.